The van der Waals surface area contributed by atoms with E-state index in [0.717, 1.165) is 29.8 Å². The molecule has 0 unspecified atom stereocenters. The van der Waals surface area contributed by atoms with E-state index in [0.29, 0.717) is 13.0 Å². The summed E-state index contributed by atoms with van der Waals surface area (Å²) in [6.07, 6.45) is 6.88. The number of fused-ring (bicyclic) bond motifs is 1. The molecule has 1 atom stereocenters. The average molecular weight is 382 g/mol. The van der Waals surface area contributed by atoms with Crippen LogP contribution in [-0.4, -0.2) is 30.5 Å². The van der Waals surface area contributed by atoms with E-state index in [-0.39, 0.29) is 23.2 Å². The van der Waals surface area contributed by atoms with Gasteiger partial charge in [0.05, 0.1) is 30.2 Å². The first-order valence-electron chi connectivity index (χ1n) is 9.36. The molecule has 0 radical (unpaired) electrons. The molecule has 0 saturated heterocycles. The van der Waals surface area contributed by atoms with Gasteiger partial charge in [0.1, 0.15) is 18.5 Å². The van der Waals surface area contributed by atoms with Crippen LogP contribution in [0.2, 0.25) is 0 Å². The Bertz CT molecular complexity index is 961. The van der Waals surface area contributed by atoms with Gasteiger partial charge >= 0.3 is 0 Å². The number of halogens is 1. The van der Waals surface area contributed by atoms with Crippen molar-refractivity contribution in [2.24, 2.45) is 5.41 Å². The molecule has 0 spiro atoms. The fraction of sp³-hybridized carbons (Fsp3) is 0.400. The Labute approximate surface area is 162 Å². The molecule has 0 fully saturated rings. The molecule has 1 N–H and O–H groups in total. The highest BCUT2D eigenvalue weighted by atomic mass is 19.1. The Morgan fingerprint density at radius 3 is 2.79 bits per heavy atom. The van der Waals surface area contributed by atoms with Gasteiger partial charge in [0, 0.05) is 12.0 Å². The highest BCUT2D eigenvalue weighted by Crippen LogP contribution is 2.41. The summed E-state index contributed by atoms with van der Waals surface area (Å²) in [5.74, 6) is -0.304. The van der Waals surface area contributed by atoms with Gasteiger partial charge in [0.15, 0.2) is 0 Å². The first kappa shape index (κ1) is 18.3. The topological polar surface area (TPSA) is 77.6 Å². The van der Waals surface area contributed by atoms with E-state index in [1.807, 2.05) is 10.9 Å². The van der Waals surface area contributed by atoms with Gasteiger partial charge in [-0.3, -0.25) is 9.48 Å². The molecule has 2 aromatic heterocycles. The van der Waals surface area contributed by atoms with Crippen LogP contribution < -0.4 is 5.32 Å². The van der Waals surface area contributed by atoms with Crippen LogP contribution in [0, 0.1) is 11.2 Å². The van der Waals surface area contributed by atoms with Crippen molar-refractivity contribution in [3.63, 3.8) is 0 Å². The summed E-state index contributed by atoms with van der Waals surface area (Å²) in [6, 6.07) is 6.20. The predicted octanol–water partition coefficient (Wildman–Crippen LogP) is 2.82. The van der Waals surface area contributed by atoms with Gasteiger partial charge in [-0.05, 0) is 42.5 Å². The Morgan fingerprint density at radius 1 is 1.29 bits per heavy atom. The first-order valence-corrected chi connectivity index (χ1v) is 9.36. The van der Waals surface area contributed by atoms with E-state index >= 15 is 0 Å². The largest absolute Gasteiger partial charge is 0.349 e. The smallest absolute Gasteiger partial charge is 0.222 e. The van der Waals surface area contributed by atoms with Gasteiger partial charge in [0.2, 0.25) is 5.91 Å². The summed E-state index contributed by atoms with van der Waals surface area (Å²) in [7, 11) is 0. The van der Waals surface area contributed by atoms with Crippen LogP contribution in [0.15, 0.2) is 43.1 Å². The Kier molecular flexibility index (Phi) is 4.70. The number of aryl methyl sites for hydroxylation is 1. The summed E-state index contributed by atoms with van der Waals surface area (Å²) in [4.78, 5) is 16.4. The number of nitrogens with one attached hydrogen (secondary N) is 1. The minimum Gasteiger partial charge on any atom is -0.349 e. The Morgan fingerprint density at radius 2 is 2.07 bits per heavy atom. The van der Waals surface area contributed by atoms with Crippen LogP contribution in [0.1, 0.15) is 44.0 Å². The normalized spacial score (nSPS) is 17.9. The van der Waals surface area contributed by atoms with E-state index in [1.165, 1.54) is 18.5 Å². The molecule has 0 aliphatic heterocycles. The molecule has 28 heavy (non-hydrogen) atoms. The van der Waals surface area contributed by atoms with Crippen molar-refractivity contribution in [1.82, 2.24) is 29.9 Å². The van der Waals surface area contributed by atoms with Crippen molar-refractivity contribution >= 4 is 5.91 Å². The lowest BCUT2D eigenvalue weighted by Crippen LogP contribution is -2.37. The Balaban J connectivity index is 1.55. The number of benzene rings is 1. The predicted molar refractivity (Wildman–Crippen MR) is 101 cm³/mol. The minimum absolute atomic E-state index is 0.00860. The lowest BCUT2D eigenvalue weighted by molar-refractivity contribution is -0.122. The number of nitrogens with zero attached hydrogens (tertiary/aromatic N) is 5. The van der Waals surface area contributed by atoms with E-state index in [9.17, 15) is 9.18 Å². The fourth-order valence-electron chi connectivity index (χ4n) is 3.81. The van der Waals surface area contributed by atoms with Crippen molar-refractivity contribution in [1.29, 1.82) is 0 Å². The zero-order valence-electron chi connectivity index (χ0n) is 16.0. The number of aromatic nitrogens is 5. The molecule has 1 aliphatic rings. The van der Waals surface area contributed by atoms with Crippen LogP contribution in [0.25, 0.3) is 5.69 Å². The van der Waals surface area contributed by atoms with Gasteiger partial charge < -0.3 is 5.32 Å². The van der Waals surface area contributed by atoms with E-state index < -0.39 is 0 Å². The molecule has 4 rings (SSSR count). The maximum Gasteiger partial charge on any atom is 0.222 e. The van der Waals surface area contributed by atoms with E-state index in [4.69, 9.17) is 0 Å². The molecule has 1 aromatic carbocycles. The van der Waals surface area contributed by atoms with Crippen LogP contribution in [0.3, 0.4) is 0 Å². The molecule has 146 valence electrons. The van der Waals surface area contributed by atoms with Crippen LogP contribution >= 0.6 is 0 Å². The summed E-state index contributed by atoms with van der Waals surface area (Å²) < 4.78 is 16.8. The third-order valence-electron chi connectivity index (χ3n) is 5.12. The molecular weight excluding hydrogens is 359 g/mol. The highest BCUT2D eigenvalue weighted by molar-refractivity contribution is 5.76. The SMILES string of the molecule is CC1(C)Cc2c(cnn2-c2ccc(F)cc2)[C@H](NC(=O)CCn2cncn2)C1. The number of hydrogen-bond donors (Lipinski definition) is 1. The number of amides is 1. The molecule has 7 nitrogen and oxygen atoms in total. The standard InChI is InChI=1S/C20H23FN6O/c1-20(2)9-17(25-19(28)7-8-26-13-22-12-24-26)16-11-23-27(18(16)10-20)15-5-3-14(21)4-6-15/h3-6,11-13,17H,7-10H2,1-2H3,(H,25,28)/t17-/m1/s1. The van der Waals surface area contributed by atoms with Gasteiger partial charge in [-0.25, -0.2) is 14.1 Å². The maximum absolute atomic E-state index is 13.3. The quantitative estimate of drug-likeness (QED) is 0.736. The molecule has 3 aromatic rings. The van der Waals surface area contributed by atoms with E-state index in [2.05, 4.69) is 34.3 Å². The van der Waals surface area contributed by atoms with Crippen LogP contribution in [-0.2, 0) is 17.8 Å². The van der Waals surface area contributed by atoms with Gasteiger partial charge in [-0.2, -0.15) is 10.2 Å². The second kappa shape index (κ2) is 7.18. The molecular formula is C20H23FN6O. The third kappa shape index (κ3) is 3.81. The summed E-state index contributed by atoms with van der Waals surface area (Å²) >= 11 is 0. The van der Waals surface area contributed by atoms with Crippen molar-refractivity contribution in [2.45, 2.75) is 45.7 Å². The number of hydrogen-bond acceptors (Lipinski definition) is 4. The minimum atomic E-state index is -0.275. The molecule has 0 bridgehead atoms. The fourth-order valence-corrected chi connectivity index (χ4v) is 3.81. The number of rotatable bonds is 5. The summed E-state index contributed by atoms with van der Waals surface area (Å²) in [5, 5.41) is 11.7. The molecule has 2 heterocycles. The van der Waals surface area contributed by atoms with Gasteiger partial charge in [-0.15, -0.1) is 0 Å². The lowest BCUT2D eigenvalue weighted by atomic mass is 9.74. The van der Waals surface area contributed by atoms with Crippen molar-refractivity contribution in [2.75, 3.05) is 0 Å². The molecule has 1 amide bonds. The van der Waals surface area contributed by atoms with Crippen LogP contribution in [0.5, 0.6) is 0 Å². The van der Waals surface area contributed by atoms with Gasteiger partial charge in [0.25, 0.3) is 0 Å². The summed E-state index contributed by atoms with van der Waals surface area (Å²) in [6.45, 7) is 4.86. The van der Waals surface area contributed by atoms with Crippen molar-refractivity contribution < 1.29 is 9.18 Å². The van der Waals surface area contributed by atoms with Crippen LogP contribution in [0.4, 0.5) is 4.39 Å². The zero-order chi connectivity index (χ0) is 19.7. The molecule has 1 aliphatic carbocycles. The highest BCUT2D eigenvalue weighted by Gasteiger charge is 2.35. The zero-order valence-corrected chi connectivity index (χ0v) is 16.0. The lowest BCUT2D eigenvalue weighted by Gasteiger charge is -2.36. The number of carbonyl (C=O) groups is 1. The second-order valence-electron chi connectivity index (χ2n) is 8.01. The summed E-state index contributed by atoms with van der Waals surface area (Å²) in [5.41, 5.74) is 2.91. The van der Waals surface area contributed by atoms with E-state index in [1.54, 1.807) is 23.1 Å². The molecule has 0 saturated carbocycles. The maximum atomic E-state index is 13.3. The molecule has 8 heteroatoms. The average Bonchev–Trinajstić information content (AvgIpc) is 3.29. The van der Waals surface area contributed by atoms with Gasteiger partial charge in [-0.1, -0.05) is 13.8 Å². The van der Waals surface area contributed by atoms with Crippen molar-refractivity contribution in [3.05, 3.63) is 60.2 Å². The monoisotopic (exact) mass is 382 g/mol. The second-order valence-corrected chi connectivity index (χ2v) is 8.01. The third-order valence-corrected chi connectivity index (χ3v) is 5.12. The Hall–Kier alpha value is -3.03. The number of carbonyl (C=O) groups excluding carboxylic acids is 1. The first-order chi connectivity index (χ1) is 13.4. The van der Waals surface area contributed by atoms with Crippen molar-refractivity contribution in [3.8, 4) is 5.69 Å².